The maximum atomic E-state index is 15.3. The average molecular weight is 589 g/mol. The van der Waals surface area contributed by atoms with Gasteiger partial charge in [-0.05, 0) is 43.2 Å². The predicted molar refractivity (Wildman–Crippen MR) is 162 cm³/mol. The first kappa shape index (κ1) is 24.6. The summed E-state index contributed by atoms with van der Waals surface area (Å²) in [6.45, 7) is 5.82. The normalized spacial score (nSPS) is 16.8. The Morgan fingerprint density at radius 1 is 1.07 bits per heavy atom. The fourth-order valence-electron chi connectivity index (χ4n) is 4.98. The van der Waals surface area contributed by atoms with Gasteiger partial charge in [0.2, 0.25) is 5.91 Å². The molecule has 3 N–H and O–H groups in total. The molecule has 2 aliphatic heterocycles. The number of aromatic nitrogens is 3. The van der Waals surface area contributed by atoms with E-state index in [1.54, 1.807) is 35.4 Å². The van der Waals surface area contributed by atoms with Crippen LogP contribution in [0.3, 0.4) is 0 Å². The summed E-state index contributed by atoms with van der Waals surface area (Å²) in [5.41, 5.74) is 0.950. The fraction of sp³-hybridized carbons (Fsp3) is 0.290. The molecule has 4 heterocycles. The van der Waals surface area contributed by atoms with E-state index < -0.39 is 12.9 Å². The van der Waals surface area contributed by atoms with Crippen LogP contribution in [-0.4, -0.2) is 71.2 Å². The van der Waals surface area contributed by atoms with Crippen molar-refractivity contribution in [3.8, 4) is 17.2 Å². The highest BCUT2D eigenvalue weighted by Crippen LogP contribution is 2.35. The van der Waals surface area contributed by atoms with Crippen molar-refractivity contribution in [2.75, 3.05) is 49.3 Å². The highest BCUT2D eigenvalue weighted by Gasteiger charge is 2.23. The van der Waals surface area contributed by atoms with Crippen LogP contribution in [0.25, 0.3) is 10.9 Å². The van der Waals surface area contributed by atoms with Crippen LogP contribution < -0.4 is 25.4 Å². The molecule has 0 unspecified atom stereocenters. The van der Waals surface area contributed by atoms with E-state index in [-0.39, 0.29) is 29.4 Å². The Hall–Kier alpha value is -4.97. The Bertz CT molecular complexity index is 1750. The monoisotopic (exact) mass is 588 g/mol. The largest absolute Gasteiger partial charge is 0.495 e. The molecule has 0 radical (unpaired) electrons. The molecule has 12 heteroatoms. The van der Waals surface area contributed by atoms with Crippen LogP contribution in [0.2, 0.25) is 0 Å². The zero-order valence-electron chi connectivity index (χ0n) is 26.2. The molecule has 2 saturated heterocycles. The second-order valence-electron chi connectivity index (χ2n) is 10.3. The van der Waals surface area contributed by atoms with Gasteiger partial charge in [0.25, 0.3) is 0 Å². The molecule has 0 bridgehead atoms. The van der Waals surface area contributed by atoms with E-state index in [4.69, 9.17) is 18.3 Å². The lowest BCUT2D eigenvalue weighted by molar-refractivity contribution is -0.126. The summed E-state index contributed by atoms with van der Waals surface area (Å²) >= 11 is 0. The van der Waals surface area contributed by atoms with Crippen molar-refractivity contribution < 1.29 is 27.5 Å². The number of anilines is 4. The summed E-state index contributed by atoms with van der Waals surface area (Å²) in [4.78, 5) is 26.6. The molecule has 2 aliphatic rings. The van der Waals surface area contributed by atoms with Crippen LogP contribution in [0.15, 0.2) is 67.6 Å². The van der Waals surface area contributed by atoms with E-state index >= 15 is 4.39 Å². The van der Waals surface area contributed by atoms with Crippen molar-refractivity contribution in [3.63, 3.8) is 0 Å². The molecule has 1 amide bonds. The number of ether oxygens (including phenoxy) is 3. The molecule has 2 aromatic carbocycles. The molecular weight excluding hydrogens is 553 g/mol. The van der Waals surface area contributed by atoms with Gasteiger partial charge in [0, 0.05) is 48.9 Å². The van der Waals surface area contributed by atoms with Gasteiger partial charge in [0.1, 0.15) is 41.0 Å². The zero-order chi connectivity index (χ0) is 32.3. The summed E-state index contributed by atoms with van der Waals surface area (Å²) in [5.74, 6) is 1.10. The quantitative estimate of drug-likeness (QED) is 0.216. The number of nitrogens with zero attached hydrogens (tertiary/aromatic N) is 4. The van der Waals surface area contributed by atoms with Crippen molar-refractivity contribution in [1.82, 2.24) is 19.9 Å². The molecule has 0 saturated carbocycles. The first-order valence-electron chi connectivity index (χ1n) is 15.3. The summed E-state index contributed by atoms with van der Waals surface area (Å²) in [5, 5.41) is 10.1. The molecule has 11 nitrogen and oxygen atoms in total. The van der Waals surface area contributed by atoms with E-state index in [0.29, 0.717) is 78.9 Å². The number of halogens is 1. The first-order valence-corrected chi connectivity index (χ1v) is 13.8. The minimum absolute atomic E-state index is 0.0595. The lowest BCUT2D eigenvalue weighted by Gasteiger charge is -2.32. The SMILES string of the molecule is [2H]C([2H])([2H])Oc1cc2ncnc(Nc3ccc(Oc4ccnc(NC5COC5)c4)cc3F)c2cc1NC1CCN(C(=O)C=C)CC1. The van der Waals surface area contributed by atoms with Gasteiger partial charge in [-0.3, -0.25) is 4.79 Å². The third-order valence-electron chi connectivity index (χ3n) is 7.34. The minimum Gasteiger partial charge on any atom is -0.495 e. The number of likely N-dealkylation sites (tertiary alicyclic amines) is 1. The molecule has 0 aliphatic carbocycles. The predicted octanol–water partition coefficient (Wildman–Crippen LogP) is 5.11. The third-order valence-corrected chi connectivity index (χ3v) is 7.34. The Balaban J connectivity index is 1.22. The Labute approximate surface area is 252 Å². The van der Waals surface area contributed by atoms with Gasteiger partial charge in [0.05, 0.1) is 47.3 Å². The van der Waals surface area contributed by atoms with Crippen molar-refractivity contribution in [2.45, 2.75) is 24.9 Å². The Morgan fingerprint density at radius 3 is 2.65 bits per heavy atom. The summed E-state index contributed by atoms with van der Waals surface area (Å²) < 4.78 is 54.7. The number of fused-ring (bicyclic) bond motifs is 1. The van der Waals surface area contributed by atoms with E-state index in [9.17, 15) is 4.79 Å². The number of pyridine rings is 1. The van der Waals surface area contributed by atoms with Crippen LogP contribution in [0.1, 0.15) is 17.0 Å². The van der Waals surface area contributed by atoms with Crippen molar-refractivity contribution in [1.29, 1.82) is 0 Å². The van der Waals surface area contributed by atoms with Crippen molar-refractivity contribution >= 4 is 39.8 Å². The van der Waals surface area contributed by atoms with Gasteiger partial charge >= 0.3 is 0 Å². The molecule has 6 rings (SSSR count). The third kappa shape index (κ3) is 6.44. The highest BCUT2D eigenvalue weighted by atomic mass is 19.1. The summed E-state index contributed by atoms with van der Waals surface area (Å²) in [6, 6.07) is 11.2. The van der Waals surface area contributed by atoms with Crippen LogP contribution in [0.4, 0.5) is 27.4 Å². The molecule has 0 atom stereocenters. The van der Waals surface area contributed by atoms with Crippen molar-refractivity contribution in [3.05, 3.63) is 73.5 Å². The number of rotatable bonds is 10. The molecule has 4 aromatic rings. The number of hydrogen-bond donors (Lipinski definition) is 3. The standard InChI is InChI=1S/C31H32FN7O4/c1-3-30(40)39-10-7-19(8-11-39)36-27-14-23-26(15-28(27)41-2)34-18-35-31(23)38-25-5-4-21(12-24(25)32)43-22-6-9-33-29(13-22)37-20-16-42-17-20/h3-6,9,12-15,18-20,36H,1,7-8,10-11,16-17H2,2H3,(H,33,37)(H,34,35,38)/i2D3. The van der Waals surface area contributed by atoms with Gasteiger partial charge in [-0.2, -0.15) is 0 Å². The van der Waals surface area contributed by atoms with Crippen LogP contribution >= 0.6 is 0 Å². The number of amides is 1. The molecular formula is C31H32FN7O4. The highest BCUT2D eigenvalue weighted by molar-refractivity contribution is 5.95. The molecule has 0 spiro atoms. The number of hydrogen-bond acceptors (Lipinski definition) is 10. The smallest absolute Gasteiger partial charge is 0.245 e. The number of benzene rings is 2. The number of carbonyl (C=O) groups is 1. The van der Waals surface area contributed by atoms with E-state index in [2.05, 4.69) is 37.5 Å². The second kappa shape index (κ2) is 12.5. The van der Waals surface area contributed by atoms with Crippen LogP contribution in [0, 0.1) is 5.82 Å². The second-order valence-corrected chi connectivity index (χ2v) is 10.3. The number of piperidine rings is 1. The van der Waals surface area contributed by atoms with Gasteiger partial charge in [0.15, 0.2) is 0 Å². The minimum atomic E-state index is -2.70. The van der Waals surface area contributed by atoms with Gasteiger partial charge < -0.3 is 35.1 Å². The molecule has 43 heavy (non-hydrogen) atoms. The summed E-state index contributed by atoms with van der Waals surface area (Å²) in [6.07, 6.45) is 5.46. The molecule has 2 fully saturated rings. The van der Waals surface area contributed by atoms with Crippen molar-refractivity contribution in [2.24, 2.45) is 0 Å². The zero-order valence-corrected chi connectivity index (χ0v) is 23.2. The maximum Gasteiger partial charge on any atom is 0.245 e. The fourth-order valence-corrected chi connectivity index (χ4v) is 4.98. The topological polar surface area (TPSA) is 123 Å². The Morgan fingerprint density at radius 2 is 1.91 bits per heavy atom. The molecule has 222 valence electrons. The summed E-state index contributed by atoms with van der Waals surface area (Å²) in [7, 11) is -2.70. The van der Waals surface area contributed by atoms with Gasteiger partial charge in [-0.15, -0.1) is 0 Å². The number of methoxy groups -OCH3 is 1. The van der Waals surface area contributed by atoms with E-state index in [1.165, 1.54) is 30.6 Å². The average Bonchev–Trinajstić information content (AvgIpc) is 3.00. The van der Waals surface area contributed by atoms with Gasteiger partial charge in [-0.1, -0.05) is 6.58 Å². The van der Waals surface area contributed by atoms with Crippen LogP contribution in [-0.2, 0) is 9.53 Å². The number of carbonyl (C=O) groups excluding carboxylic acids is 1. The van der Waals surface area contributed by atoms with Crippen LogP contribution in [0.5, 0.6) is 17.2 Å². The Kier molecular flexibility index (Phi) is 7.15. The lowest BCUT2D eigenvalue weighted by atomic mass is 10.0. The van der Waals surface area contributed by atoms with Gasteiger partial charge in [-0.25, -0.2) is 19.3 Å². The van der Waals surface area contributed by atoms with E-state index in [1.807, 2.05) is 0 Å². The lowest BCUT2D eigenvalue weighted by Crippen LogP contribution is -2.41. The number of nitrogens with one attached hydrogen (secondary N) is 3. The maximum absolute atomic E-state index is 15.3. The first-order chi connectivity index (χ1) is 22.1. The molecule has 2 aromatic heterocycles. The van der Waals surface area contributed by atoms with E-state index in [0.717, 1.165) is 0 Å².